The number of likely N-dealkylation sites (N-methyl/N-ethyl adjacent to an activating group) is 1. The highest BCUT2D eigenvalue weighted by molar-refractivity contribution is 7.47. The second-order valence-corrected chi connectivity index (χ2v) is 15.4. The summed E-state index contributed by atoms with van der Waals surface area (Å²) in [5.74, 6) is -0.822. The van der Waals surface area contributed by atoms with E-state index < -0.39 is 26.5 Å². The van der Waals surface area contributed by atoms with Gasteiger partial charge in [0.15, 0.2) is 6.10 Å². The normalized spacial score (nSPS) is 14.0. The van der Waals surface area contributed by atoms with Crippen LogP contribution in [0.3, 0.4) is 0 Å². The summed E-state index contributed by atoms with van der Waals surface area (Å²) in [6.45, 7) is 4.33. The number of hydrogen-bond acceptors (Lipinski definition) is 7. The molecule has 9 nitrogen and oxygen atoms in total. The second-order valence-electron chi connectivity index (χ2n) is 14.0. The monoisotopic (exact) mass is 703 g/mol. The molecule has 0 aromatic carbocycles. The molecule has 0 spiro atoms. The zero-order valence-electron chi connectivity index (χ0n) is 31.5. The van der Waals surface area contributed by atoms with Gasteiger partial charge in [-0.15, -0.1) is 0 Å². The number of phosphoric acid groups is 1. The number of unbranched alkanes of at least 4 members (excludes halogenated alkanes) is 16. The van der Waals surface area contributed by atoms with E-state index in [1.807, 2.05) is 21.1 Å². The van der Waals surface area contributed by atoms with Crippen molar-refractivity contribution in [2.24, 2.45) is 0 Å². The van der Waals surface area contributed by atoms with Crippen molar-refractivity contribution >= 4 is 19.8 Å². The van der Waals surface area contributed by atoms with Crippen LogP contribution in [0.15, 0.2) is 24.3 Å². The van der Waals surface area contributed by atoms with Crippen molar-refractivity contribution in [2.45, 2.75) is 161 Å². The number of carbonyl (C=O) groups is 2. The van der Waals surface area contributed by atoms with Crippen molar-refractivity contribution in [1.29, 1.82) is 0 Å². The molecule has 282 valence electrons. The van der Waals surface area contributed by atoms with Crippen LogP contribution in [0.2, 0.25) is 0 Å². The Morgan fingerprint density at radius 1 is 0.625 bits per heavy atom. The van der Waals surface area contributed by atoms with Gasteiger partial charge >= 0.3 is 19.8 Å². The summed E-state index contributed by atoms with van der Waals surface area (Å²) in [6, 6.07) is 0. The van der Waals surface area contributed by atoms with Gasteiger partial charge in [-0.3, -0.25) is 18.6 Å². The number of ether oxygens (including phenoxy) is 2. The fourth-order valence-electron chi connectivity index (χ4n) is 4.87. The molecular weight excluding hydrogens is 629 g/mol. The van der Waals surface area contributed by atoms with E-state index in [0.29, 0.717) is 17.4 Å². The van der Waals surface area contributed by atoms with E-state index in [1.54, 1.807) is 0 Å². The average Bonchev–Trinajstić information content (AvgIpc) is 3.02. The van der Waals surface area contributed by atoms with Gasteiger partial charge < -0.3 is 18.9 Å². The summed E-state index contributed by atoms with van der Waals surface area (Å²) in [5, 5.41) is 0. The lowest BCUT2D eigenvalue weighted by molar-refractivity contribution is -0.870. The molecule has 0 aliphatic heterocycles. The fourth-order valence-corrected chi connectivity index (χ4v) is 5.61. The predicted molar refractivity (Wildman–Crippen MR) is 197 cm³/mol. The van der Waals surface area contributed by atoms with Crippen LogP contribution in [0, 0.1) is 0 Å². The number of nitrogens with zero attached hydrogens (tertiary/aromatic N) is 1. The van der Waals surface area contributed by atoms with Gasteiger partial charge in [0, 0.05) is 12.8 Å². The fraction of sp³-hybridized carbons (Fsp3) is 0.842. The summed E-state index contributed by atoms with van der Waals surface area (Å²) in [4.78, 5) is 35.1. The van der Waals surface area contributed by atoms with E-state index >= 15 is 0 Å². The summed E-state index contributed by atoms with van der Waals surface area (Å²) < 4.78 is 34.1. The molecule has 10 heteroatoms. The molecule has 0 aliphatic rings. The minimum absolute atomic E-state index is 0.0295. The van der Waals surface area contributed by atoms with Crippen LogP contribution < -0.4 is 0 Å². The molecule has 1 unspecified atom stereocenters. The lowest BCUT2D eigenvalue weighted by atomic mass is 10.1. The Morgan fingerprint density at radius 3 is 1.60 bits per heavy atom. The number of rotatable bonds is 34. The topological polar surface area (TPSA) is 108 Å². The van der Waals surface area contributed by atoms with E-state index in [9.17, 15) is 19.0 Å². The van der Waals surface area contributed by atoms with Gasteiger partial charge in [-0.2, -0.15) is 0 Å². The maximum Gasteiger partial charge on any atom is 0.472 e. The van der Waals surface area contributed by atoms with E-state index in [2.05, 4.69) is 38.2 Å². The number of hydrogen-bond donors (Lipinski definition) is 1. The Kier molecular flexibility index (Phi) is 30.5. The number of carbonyl (C=O) groups excluding carboxylic acids is 2. The zero-order valence-corrected chi connectivity index (χ0v) is 32.4. The molecule has 0 saturated heterocycles. The second kappa shape index (κ2) is 31.5. The van der Waals surface area contributed by atoms with Gasteiger partial charge in [0.1, 0.15) is 19.8 Å². The molecule has 0 aliphatic carbocycles. The Balaban J connectivity index is 4.47. The zero-order chi connectivity index (χ0) is 35.8. The molecule has 0 fully saturated rings. The molecule has 0 heterocycles. The van der Waals surface area contributed by atoms with Crippen molar-refractivity contribution in [1.82, 2.24) is 0 Å². The highest BCUT2D eigenvalue weighted by Gasteiger charge is 2.27. The van der Waals surface area contributed by atoms with Gasteiger partial charge in [-0.1, -0.05) is 109 Å². The van der Waals surface area contributed by atoms with Crippen LogP contribution in [-0.2, 0) is 32.7 Å². The van der Waals surface area contributed by atoms with Gasteiger partial charge in [0.25, 0.3) is 0 Å². The van der Waals surface area contributed by atoms with E-state index in [-0.39, 0.29) is 32.0 Å². The third kappa shape index (κ3) is 34.4. The smallest absolute Gasteiger partial charge is 0.462 e. The van der Waals surface area contributed by atoms with Crippen LogP contribution in [-0.4, -0.2) is 74.9 Å². The van der Waals surface area contributed by atoms with Crippen molar-refractivity contribution in [3.63, 3.8) is 0 Å². The molecule has 0 saturated carbocycles. The van der Waals surface area contributed by atoms with Crippen LogP contribution in [0.25, 0.3) is 0 Å². The van der Waals surface area contributed by atoms with E-state index in [1.165, 1.54) is 44.9 Å². The Morgan fingerprint density at radius 2 is 1.08 bits per heavy atom. The standard InChI is InChI=1S/C38H72NO8P/c1-6-8-10-12-14-16-18-19-21-23-25-27-29-31-38(41)47-36(35-46-48(42,43)45-33-32-39(3,4)5)34-44-37(40)30-28-26-24-22-20-17-15-13-11-9-7-2/h13,15-16,18,36H,6-12,14,17,19-35H2,1-5H3/p+1/b15-13+,18-16+/t36-/m1/s1. The molecule has 2 atom stereocenters. The first-order chi connectivity index (χ1) is 23.0. The van der Waals surface area contributed by atoms with E-state index in [0.717, 1.165) is 77.0 Å². The Hall–Kier alpha value is -1.51. The summed E-state index contributed by atoms with van der Waals surface area (Å²) >= 11 is 0. The van der Waals surface area contributed by atoms with Gasteiger partial charge in [0.2, 0.25) is 0 Å². The first-order valence-electron chi connectivity index (χ1n) is 19.1. The predicted octanol–water partition coefficient (Wildman–Crippen LogP) is 10.0. The van der Waals surface area contributed by atoms with Crippen LogP contribution in [0.1, 0.15) is 155 Å². The maximum atomic E-state index is 12.6. The Bertz CT molecular complexity index is 886. The molecule has 0 bridgehead atoms. The SMILES string of the molecule is CCCC/C=C/CCCCCCCC(=O)OC[C@H](COP(=O)(O)OCC[N+](C)(C)C)OC(=O)CCCCCCC/C=C/CCCCCC. The number of quaternary nitrogens is 1. The number of allylic oxidation sites excluding steroid dienone is 4. The molecular formula is C38H73NO8P+. The molecule has 1 N–H and O–H groups in total. The lowest BCUT2D eigenvalue weighted by Crippen LogP contribution is -2.37. The third-order valence-corrected chi connectivity index (χ3v) is 8.94. The minimum Gasteiger partial charge on any atom is -0.462 e. The molecule has 0 amide bonds. The maximum absolute atomic E-state index is 12.6. The van der Waals surface area contributed by atoms with Crippen molar-refractivity contribution in [2.75, 3.05) is 47.5 Å². The third-order valence-electron chi connectivity index (χ3n) is 7.95. The Labute approximate surface area is 294 Å². The van der Waals surface area contributed by atoms with Gasteiger partial charge in [0.05, 0.1) is 27.7 Å². The van der Waals surface area contributed by atoms with E-state index in [4.69, 9.17) is 18.5 Å². The first kappa shape index (κ1) is 46.5. The van der Waals surface area contributed by atoms with Gasteiger partial charge in [-0.05, 0) is 57.8 Å². The largest absolute Gasteiger partial charge is 0.472 e. The number of phosphoric ester groups is 1. The highest BCUT2D eigenvalue weighted by Crippen LogP contribution is 2.43. The summed E-state index contributed by atoms with van der Waals surface area (Å²) in [5.41, 5.74) is 0. The molecule has 48 heavy (non-hydrogen) atoms. The van der Waals surface area contributed by atoms with Crippen molar-refractivity contribution in [3.8, 4) is 0 Å². The highest BCUT2D eigenvalue weighted by atomic mass is 31.2. The van der Waals surface area contributed by atoms with Crippen molar-refractivity contribution < 1.29 is 42.1 Å². The van der Waals surface area contributed by atoms with Crippen LogP contribution in [0.4, 0.5) is 0 Å². The van der Waals surface area contributed by atoms with Crippen LogP contribution in [0.5, 0.6) is 0 Å². The molecule has 0 aromatic heterocycles. The van der Waals surface area contributed by atoms with Crippen LogP contribution >= 0.6 is 7.82 Å². The molecule has 0 rings (SSSR count). The summed E-state index contributed by atoms with van der Waals surface area (Å²) in [7, 11) is 1.46. The van der Waals surface area contributed by atoms with Gasteiger partial charge in [-0.25, -0.2) is 4.57 Å². The number of esters is 2. The summed E-state index contributed by atoms with van der Waals surface area (Å²) in [6.07, 6.45) is 30.8. The minimum atomic E-state index is -4.37. The lowest BCUT2D eigenvalue weighted by Gasteiger charge is -2.24. The first-order valence-corrected chi connectivity index (χ1v) is 20.6. The quantitative estimate of drug-likeness (QED) is 0.0232. The van der Waals surface area contributed by atoms with Crippen molar-refractivity contribution in [3.05, 3.63) is 24.3 Å². The molecule has 0 aromatic rings. The average molecular weight is 703 g/mol. The molecule has 0 radical (unpaired) electrons.